The minimum Gasteiger partial charge on any atom is -0.317 e. The summed E-state index contributed by atoms with van der Waals surface area (Å²) in [6.45, 7) is 9.82. The Labute approximate surface area is 99.8 Å². The fraction of sp³-hybridized carbons (Fsp3) is 0.923. The molecule has 1 N–H and O–H groups in total. The number of nitrogens with zero attached hydrogens (tertiary/aromatic N) is 2. The van der Waals surface area contributed by atoms with Crippen molar-refractivity contribution in [1.29, 1.82) is 5.26 Å². The van der Waals surface area contributed by atoms with Crippen LogP contribution >= 0.6 is 0 Å². The Kier molecular flexibility index (Phi) is 6.44. The van der Waals surface area contributed by atoms with E-state index in [2.05, 4.69) is 23.2 Å². The van der Waals surface area contributed by atoms with Crippen molar-refractivity contribution in [2.45, 2.75) is 33.1 Å². The molecule has 1 aliphatic heterocycles. The quantitative estimate of drug-likeness (QED) is 0.747. The lowest BCUT2D eigenvalue weighted by Crippen LogP contribution is -2.38. The molecule has 0 aromatic carbocycles. The fourth-order valence-corrected chi connectivity index (χ4v) is 2.43. The first-order chi connectivity index (χ1) is 7.76. The molecule has 0 amide bonds. The molecule has 3 nitrogen and oxygen atoms in total. The first kappa shape index (κ1) is 13.5. The highest BCUT2D eigenvalue weighted by Gasteiger charge is 2.17. The van der Waals surface area contributed by atoms with Crippen LogP contribution in [0.3, 0.4) is 0 Å². The Morgan fingerprint density at radius 2 is 2.12 bits per heavy atom. The number of rotatable bonds is 6. The van der Waals surface area contributed by atoms with E-state index in [0.717, 1.165) is 19.0 Å². The van der Waals surface area contributed by atoms with Crippen LogP contribution in [0.1, 0.15) is 33.1 Å². The van der Waals surface area contributed by atoms with E-state index in [1.54, 1.807) is 0 Å². The molecule has 16 heavy (non-hydrogen) atoms. The van der Waals surface area contributed by atoms with Gasteiger partial charge in [-0.1, -0.05) is 6.92 Å². The molecule has 0 spiro atoms. The van der Waals surface area contributed by atoms with E-state index in [9.17, 15) is 0 Å². The van der Waals surface area contributed by atoms with Crippen molar-refractivity contribution in [2.24, 2.45) is 11.8 Å². The summed E-state index contributed by atoms with van der Waals surface area (Å²) in [7, 11) is 0. The summed E-state index contributed by atoms with van der Waals surface area (Å²) in [6.07, 6.45) is 3.77. The van der Waals surface area contributed by atoms with Gasteiger partial charge < -0.3 is 10.2 Å². The van der Waals surface area contributed by atoms with Crippen LogP contribution in [0.2, 0.25) is 0 Å². The average Bonchev–Trinajstić information content (AvgIpc) is 2.30. The van der Waals surface area contributed by atoms with Gasteiger partial charge in [-0.15, -0.1) is 0 Å². The molecule has 0 bridgehead atoms. The van der Waals surface area contributed by atoms with Gasteiger partial charge in [0.05, 0.1) is 12.0 Å². The third-order valence-corrected chi connectivity index (χ3v) is 3.27. The van der Waals surface area contributed by atoms with Gasteiger partial charge in [-0.25, -0.2) is 0 Å². The van der Waals surface area contributed by atoms with Gasteiger partial charge in [-0.2, -0.15) is 5.26 Å². The maximum absolute atomic E-state index is 8.87. The molecule has 0 radical (unpaired) electrons. The van der Waals surface area contributed by atoms with Gasteiger partial charge in [0.25, 0.3) is 0 Å². The van der Waals surface area contributed by atoms with Gasteiger partial charge in [0.2, 0.25) is 0 Å². The van der Waals surface area contributed by atoms with Crippen molar-refractivity contribution in [1.82, 2.24) is 10.2 Å². The first-order valence-corrected chi connectivity index (χ1v) is 6.59. The largest absolute Gasteiger partial charge is 0.317 e. The number of hydrogen-bond donors (Lipinski definition) is 1. The summed E-state index contributed by atoms with van der Waals surface area (Å²) in [5.41, 5.74) is 0. The third kappa shape index (κ3) is 4.96. The zero-order valence-corrected chi connectivity index (χ0v) is 10.7. The van der Waals surface area contributed by atoms with E-state index in [1.807, 2.05) is 6.92 Å². The fourth-order valence-electron chi connectivity index (χ4n) is 2.43. The van der Waals surface area contributed by atoms with E-state index in [-0.39, 0.29) is 5.92 Å². The molecule has 0 aliphatic carbocycles. The summed E-state index contributed by atoms with van der Waals surface area (Å²) in [5.74, 6) is 0.993. The molecule has 1 fully saturated rings. The zero-order valence-electron chi connectivity index (χ0n) is 10.7. The highest BCUT2D eigenvalue weighted by molar-refractivity contribution is 4.82. The third-order valence-electron chi connectivity index (χ3n) is 3.27. The van der Waals surface area contributed by atoms with E-state index < -0.39 is 0 Å². The molecule has 1 rings (SSSR count). The molecule has 1 atom stereocenters. The Morgan fingerprint density at radius 3 is 2.69 bits per heavy atom. The van der Waals surface area contributed by atoms with Crippen LogP contribution in [-0.4, -0.2) is 37.6 Å². The van der Waals surface area contributed by atoms with E-state index in [0.29, 0.717) is 0 Å². The van der Waals surface area contributed by atoms with Crippen molar-refractivity contribution in [3.8, 4) is 6.07 Å². The normalized spacial score (nSPS) is 19.6. The van der Waals surface area contributed by atoms with Crippen LogP contribution in [-0.2, 0) is 0 Å². The average molecular weight is 223 g/mol. The second-order valence-corrected chi connectivity index (χ2v) is 4.98. The monoisotopic (exact) mass is 223 g/mol. The highest BCUT2D eigenvalue weighted by atomic mass is 15.1. The number of piperidine rings is 1. The van der Waals surface area contributed by atoms with Crippen LogP contribution in [0.25, 0.3) is 0 Å². The van der Waals surface area contributed by atoms with Gasteiger partial charge >= 0.3 is 0 Å². The van der Waals surface area contributed by atoms with Crippen LogP contribution in [0.5, 0.6) is 0 Å². The van der Waals surface area contributed by atoms with Crippen molar-refractivity contribution >= 4 is 0 Å². The lowest BCUT2D eigenvalue weighted by molar-refractivity contribution is 0.194. The molecule has 1 heterocycles. The summed E-state index contributed by atoms with van der Waals surface area (Å²) in [5, 5.41) is 12.3. The minimum absolute atomic E-state index is 0.160. The summed E-state index contributed by atoms with van der Waals surface area (Å²) in [6, 6.07) is 2.34. The van der Waals surface area contributed by atoms with Gasteiger partial charge in [0, 0.05) is 13.1 Å². The molecule has 1 unspecified atom stereocenters. The zero-order chi connectivity index (χ0) is 11.8. The molecule has 1 saturated heterocycles. The van der Waals surface area contributed by atoms with Crippen molar-refractivity contribution in [3.63, 3.8) is 0 Å². The minimum atomic E-state index is 0.160. The second kappa shape index (κ2) is 7.65. The molecule has 0 saturated carbocycles. The lowest BCUT2D eigenvalue weighted by Gasteiger charge is -2.30. The molecule has 0 aromatic rings. The van der Waals surface area contributed by atoms with E-state index in [1.165, 1.54) is 38.9 Å². The van der Waals surface area contributed by atoms with Crippen LogP contribution in [0.15, 0.2) is 0 Å². The Morgan fingerprint density at radius 1 is 1.44 bits per heavy atom. The summed E-state index contributed by atoms with van der Waals surface area (Å²) < 4.78 is 0. The van der Waals surface area contributed by atoms with Gasteiger partial charge in [-0.05, 0) is 51.7 Å². The Bertz CT molecular complexity index is 216. The molecular formula is C13H25N3. The predicted molar refractivity (Wildman–Crippen MR) is 67.1 cm³/mol. The standard InChI is InChI=1S/C13H25N3/c1-3-8-16(10-12(2)9-14)11-13-4-6-15-7-5-13/h12-13,15H,3-8,10-11H2,1-2H3. The molecule has 1 aliphatic rings. The van der Waals surface area contributed by atoms with E-state index in [4.69, 9.17) is 5.26 Å². The van der Waals surface area contributed by atoms with E-state index >= 15 is 0 Å². The van der Waals surface area contributed by atoms with Crippen molar-refractivity contribution in [3.05, 3.63) is 0 Å². The summed E-state index contributed by atoms with van der Waals surface area (Å²) >= 11 is 0. The lowest BCUT2D eigenvalue weighted by atomic mass is 9.97. The van der Waals surface area contributed by atoms with Gasteiger partial charge in [0.15, 0.2) is 0 Å². The van der Waals surface area contributed by atoms with Crippen molar-refractivity contribution in [2.75, 3.05) is 32.7 Å². The molecule has 92 valence electrons. The van der Waals surface area contributed by atoms with Gasteiger partial charge in [0.1, 0.15) is 0 Å². The number of hydrogen-bond acceptors (Lipinski definition) is 3. The van der Waals surface area contributed by atoms with Gasteiger partial charge in [-0.3, -0.25) is 0 Å². The van der Waals surface area contributed by atoms with Crippen LogP contribution < -0.4 is 5.32 Å². The second-order valence-electron chi connectivity index (χ2n) is 4.98. The molecular weight excluding hydrogens is 198 g/mol. The molecule has 0 aromatic heterocycles. The van der Waals surface area contributed by atoms with Crippen LogP contribution in [0, 0.1) is 23.2 Å². The highest BCUT2D eigenvalue weighted by Crippen LogP contribution is 2.14. The van der Waals surface area contributed by atoms with Crippen LogP contribution in [0.4, 0.5) is 0 Å². The smallest absolute Gasteiger partial charge is 0.0666 e. The number of nitrogens with one attached hydrogen (secondary N) is 1. The SMILES string of the molecule is CCCN(CC(C)C#N)CC1CCNCC1. The molecule has 3 heteroatoms. The summed E-state index contributed by atoms with van der Waals surface area (Å²) in [4.78, 5) is 2.48. The number of nitriles is 1. The topological polar surface area (TPSA) is 39.1 Å². The Hall–Kier alpha value is -0.590. The first-order valence-electron chi connectivity index (χ1n) is 6.59. The Balaban J connectivity index is 2.34. The van der Waals surface area contributed by atoms with Crippen molar-refractivity contribution < 1.29 is 0 Å². The predicted octanol–water partition coefficient (Wildman–Crippen LogP) is 1.86. The maximum atomic E-state index is 8.87. The maximum Gasteiger partial charge on any atom is 0.0666 e.